The highest BCUT2D eigenvalue weighted by atomic mass is 35.5. The van der Waals surface area contributed by atoms with Crippen molar-refractivity contribution in [3.05, 3.63) is 87.1 Å². The van der Waals surface area contributed by atoms with E-state index in [1.807, 2.05) is 34.5 Å². The van der Waals surface area contributed by atoms with Gasteiger partial charge in [0.05, 0.1) is 15.6 Å². The van der Waals surface area contributed by atoms with Crippen LogP contribution in [0, 0.1) is 0 Å². The fourth-order valence-electron chi connectivity index (χ4n) is 3.71. The second-order valence-corrected chi connectivity index (χ2v) is 8.47. The Balaban J connectivity index is 1.51. The highest BCUT2D eigenvalue weighted by Crippen LogP contribution is 2.28. The van der Waals surface area contributed by atoms with Crippen molar-refractivity contribution < 1.29 is 9.59 Å². The van der Waals surface area contributed by atoms with Crippen LogP contribution in [0.4, 0.5) is 5.69 Å². The highest BCUT2D eigenvalue weighted by molar-refractivity contribution is 7.12. The lowest BCUT2D eigenvalue weighted by Crippen LogP contribution is -2.36. The number of nitrogens with zero attached hydrogens (tertiary/aromatic N) is 1. The van der Waals surface area contributed by atoms with E-state index < -0.39 is 0 Å². The van der Waals surface area contributed by atoms with Gasteiger partial charge in [0, 0.05) is 18.2 Å². The van der Waals surface area contributed by atoms with Gasteiger partial charge < -0.3 is 10.2 Å². The lowest BCUT2D eigenvalue weighted by molar-refractivity contribution is 0.0736. The quantitative estimate of drug-likeness (QED) is 0.587. The molecule has 4 rings (SSSR count). The van der Waals surface area contributed by atoms with Crippen LogP contribution in [0.5, 0.6) is 0 Å². The van der Waals surface area contributed by atoms with Gasteiger partial charge in [-0.1, -0.05) is 48.0 Å². The van der Waals surface area contributed by atoms with Crippen LogP contribution < -0.4 is 5.32 Å². The second-order valence-electron chi connectivity index (χ2n) is 7.11. The van der Waals surface area contributed by atoms with Gasteiger partial charge >= 0.3 is 0 Å². The van der Waals surface area contributed by atoms with Crippen LogP contribution in [0.1, 0.15) is 38.4 Å². The predicted molar refractivity (Wildman–Crippen MR) is 118 cm³/mol. The van der Waals surface area contributed by atoms with Gasteiger partial charge in [-0.2, -0.15) is 0 Å². The minimum atomic E-state index is -0.227. The zero-order valence-corrected chi connectivity index (χ0v) is 17.4. The van der Waals surface area contributed by atoms with Crippen LogP contribution in [0.2, 0.25) is 5.02 Å². The van der Waals surface area contributed by atoms with Gasteiger partial charge in [-0.3, -0.25) is 9.59 Å². The van der Waals surface area contributed by atoms with Crippen molar-refractivity contribution in [2.24, 2.45) is 0 Å². The van der Waals surface area contributed by atoms with Crippen LogP contribution in [-0.4, -0.2) is 29.3 Å². The first-order valence-corrected chi connectivity index (χ1v) is 10.9. The van der Waals surface area contributed by atoms with E-state index in [1.54, 1.807) is 24.3 Å². The van der Waals surface area contributed by atoms with Crippen LogP contribution in [-0.2, 0) is 6.42 Å². The molecule has 1 aliphatic rings. The molecule has 148 valence electrons. The van der Waals surface area contributed by atoms with E-state index in [2.05, 4.69) is 17.4 Å². The van der Waals surface area contributed by atoms with Crippen molar-refractivity contribution in [1.29, 1.82) is 0 Å². The van der Waals surface area contributed by atoms with Crippen LogP contribution >= 0.6 is 22.9 Å². The second kappa shape index (κ2) is 8.80. The molecule has 0 radical (unpaired) electrons. The number of carbonyl (C=O) groups is 2. The molecule has 2 aromatic carbocycles. The fourth-order valence-corrected chi connectivity index (χ4v) is 4.50. The Kier molecular flexibility index (Phi) is 5.97. The van der Waals surface area contributed by atoms with Crippen molar-refractivity contribution in [1.82, 2.24) is 4.90 Å². The van der Waals surface area contributed by atoms with Crippen molar-refractivity contribution in [2.75, 3.05) is 11.9 Å². The summed E-state index contributed by atoms with van der Waals surface area (Å²) in [7, 11) is 0. The maximum Gasteiger partial charge on any atom is 0.265 e. The van der Waals surface area contributed by atoms with E-state index >= 15 is 0 Å². The van der Waals surface area contributed by atoms with Gasteiger partial charge in [0.1, 0.15) is 0 Å². The predicted octanol–water partition coefficient (Wildman–Crippen LogP) is 5.50. The summed E-state index contributed by atoms with van der Waals surface area (Å²) in [4.78, 5) is 28.1. The SMILES string of the molecule is O=C(Nc1cc(C(=O)N2CCCC2Cc2ccccc2)ccc1Cl)c1cccs1. The molecule has 1 N–H and O–H groups in total. The molecule has 1 aliphatic heterocycles. The molecule has 2 amide bonds. The molecular formula is C23H21ClN2O2S. The number of amides is 2. The summed E-state index contributed by atoms with van der Waals surface area (Å²) >= 11 is 7.62. The molecule has 0 bridgehead atoms. The highest BCUT2D eigenvalue weighted by Gasteiger charge is 2.29. The number of rotatable bonds is 5. The minimum Gasteiger partial charge on any atom is -0.335 e. The molecule has 3 aromatic rings. The van der Waals surface area contributed by atoms with Gasteiger partial charge in [-0.25, -0.2) is 0 Å². The number of benzene rings is 2. The number of halogens is 1. The van der Waals surface area contributed by atoms with Crippen molar-refractivity contribution in [3.8, 4) is 0 Å². The van der Waals surface area contributed by atoms with E-state index in [1.165, 1.54) is 16.9 Å². The standard InChI is InChI=1S/C23H21ClN2O2S/c24-19-11-10-17(15-20(19)25-22(27)21-9-5-13-29-21)23(28)26-12-4-8-18(26)14-16-6-2-1-3-7-16/h1-3,5-7,9-11,13,15,18H,4,8,12,14H2,(H,25,27). The van der Waals surface area contributed by atoms with E-state index in [0.29, 0.717) is 21.2 Å². The van der Waals surface area contributed by atoms with E-state index in [9.17, 15) is 9.59 Å². The first kappa shape index (κ1) is 19.7. The number of nitrogens with one attached hydrogen (secondary N) is 1. The fraction of sp³-hybridized carbons (Fsp3) is 0.217. The smallest absolute Gasteiger partial charge is 0.265 e. The molecule has 0 spiro atoms. The Labute approximate surface area is 179 Å². The number of anilines is 1. The molecule has 1 fully saturated rings. The van der Waals surface area contributed by atoms with Crippen LogP contribution in [0.15, 0.2) is 66.0 Å². The first-order valence-electron chi connectivity index (χ1n) is 9.61. The number of carbonyl (C=O) groups excluding carboxylic acids is 2. The minimum absolute atomic E-state index is 0.0216. The maximum atomic E-state index is 13.2. The molecule has 1 unspecified atom stereocenters. The zero-order valence-electron chi connectivity index (χ0n) is 15.8. The van der Waals surface area contributed by atoms with E-state index in [4.69, 9.17) is 11.6 Å². The third-order valence-electron chi connectivity index (χ3n) is 5.16. The first-order chi connectivity index (χ1) is 14.1. The Bertz CT molecular complexity index is 1000. The molecule has 2 heterocycles. The van der Waals surface area contributed by atoms with E-state index in [-0.39, 0.29) is 17.9 Å². The summed E-state index contributed by atoms with van der Waals surface area (Å²) in [5.74, 6) is -0.249. The average molecular weight is 425 g/mol. The van der Waals surface area contributed by atoms with Gasteiger partial charge in [-0.15, -0.1) is 11.3 Å². The molecule has 1 aromatic heterocycles. The normalized spacial score (nSPS) is 16.0. The van der Waals surface area contributed by atoms with E-state index in [0.717, 1.165) is 25.8 Å². The molecule has 1 atom stereocenters. The van der Waals surface area contributed by atoms with Gasteiger partial charge in [0.25, 0.3) is 11.8 Å². The summed E-state index contributed by atoms with van der Waals surface area (Å²) in [5, 5.41) is 5.07. The zero-order chi connectivity index (χ0) is 20.2. The Hall–Kier alpha value is -2.63. The maximum absolute atomic E-state index is 13.2. The number of hydrogen-bond donors (Lipinski definition) is 1. The van der Waals surface area contributed by atoms with Crippen molar-refractivity contribution in [3.63, 3.8) is 0 Å². The molecule has 29 heavy (non-hydrogen) atoms. The summed E-state index contributed by atoms with van der Waals surface area (Å²) in [5.41, 5.74) is 2.22. The Morgan fingerprint density at radius 3 is 2.69 bits per heavy atom. The van der Waals surface area contributed by atoms with Gasteiger partial charge in [-0.05, 0) is 54.5 Å². The summed E-state index contributed by atoms with van der Waals surface area (Å²) in [6.07, 6.45) is 2.84. The molecule has 6 heteroatoms. The third-order valence-corrected chi connectivity index (χ3v) is 6.36. The molecule has 4 nitrogen and oxygen atoms in total. The monoisotopic (exact) mass is 424 g/mol. The third kappa shape index (κ3) is 4.52. The van der Waals surface area contributed by atoms with Crippen molar-refractivity contribution in [2.45, 2.75) is 25.3 Å². The molecular weight excluding hydrogens is 404 g/mol. The van der Waals surface area contributed by atoms with Gasteiger partial charge in [0.15, 0.2) is 0 Å². The number of thiophene rings is 1. The number of hydrogen-bond acceptors (Lipinski definition) is 3. The molecule has 0 aliphatic carbocycles. The lowest BCUT2D eigenvalue weighted by atomic mass is 10.0. The largest absolute Gasteiger partial charge is 0.335 e. The topological polar surface area (TPSA) is 49.4 Å². The average Bonchev–Trinajstić information content (AvgIpc) is 3.42. The molecule has 1 saturated heterocycles. The Morgan fingerprint density at radius 2 is 1.93 bits per heavy atom. The number of likely N-dealkylation sites (tertiary alicyclic amines) is 1. The molecule has 0 saturated carbocycles. The van der Waals surface area contributed by atoms with Crippen LogP contribution in [0.25, 0.3) is 0 Å². The van der Waals surface area contributed by atoms with Crippen LogP contribution in [0.3, 0.4) is 0 Å². The summed E-state index contributed by atoms with van der Waals surface area (Å²) in [6.45, 7) is 0.746. The van der Waals surface area contributed by atoms with Crippen molar-refractivity contribution >= 4 is 40.4 Å². The summed E-state index contributed by atoms with van der Waals surface area (Å²) in [6, 6.07) is 19.1. The van der Waals surface area contributed by atoms with Gasteiger partial charge in [0.2, 0.25) is 0 Å². The summed E-state index contributed by atoms with van der Waals surface area (Å²) < 4.78 is 0. The Morgan fingerprint density at radius 1 is 1.10 bits per heavy atom. The lowest BCUT2D eigenvalue weighted by Gasteiger charge is -2.25.